The normalized spacial score (nSPS) is 11.1. The number of hydrogen-bond acceptors (Lipinski definition) is 1. The first-order valence-corrected chi connectivity index (χ1v) is 6.38. The highest BCUT2D eigenvalue weighted by Gasteiger charge is 2.11. The van der Waals surface area contributed by atoms with E-state index in [0.29, 0.717) is 0 Å². The van der Waals surface area contributed by atoms with Crippen LogP contribution in [0.4, 0.5) is 0 Å². The van der Waals surface area contributed by atoms with Crippen LogP contribution in [0.1, 0.15) is 25.0 Å². The first-order valence-electron chi connectivity index (χ1n) is 6.38. The van der Waals surface area contributed by atoms with Gasteiger partial charge in [-0.3, -0.25) is 4.90 Å². The van der Waals surface area contributed by atoms with Gasteiger partial charge >= 0.3 is 0 Å². The molecule has 1 radical (unpaired) electrons. The van der Waals surface area contributed by atoms with Crippen molar-refractivity contribution in [3.63, 3.8) is 0 Å². The molecule has 0 aliphatic rings. The summed E-state index contributed by atoms with van der Waals surface area (Å²) in [6.07, 6.45) is 0. The van der Waals surface area contributed by atoms with Crippen LogP contribution in [-0.4, -0.2) is 4.90 Å². The van der Waals surface area contributed by atoms with E-state index in [-0.39, 0.29) is 0 Å². The van der Waals surface area contributed by atoms with Crippen molar-refractivity contribution in [3.05, 3.63) is 77.8 Å². The minimum Gasteiger partial charge on any atom is -0.288 e. The molecule has 18 heavy (non-hydrogen) atoms. The van der Waals surface area contributed by atoms with Crippen LogP contribution in [0.3, 0.4) is 0 Å². The average molecular weight is 238 g/mol. The summed E-state index contributed by atoms with van der Waals surface area (Å²) in [6, 6.07) is 22.6. The minimum atomic E-state index is 0.970. The van der Waals surface area contributed by atoms with Crippen LogP contribution in [0.15, 0.2) is 60.7 Å². The van der Waals surface area contributed by atoms with E-state index in [1.54, 1.807) is 0 Å². The van der Waals surface area contributed by atoms with Crippen molar-refractivity contribution >= 4 is 0 Å². The van der Waals surface area contributed by atoms with Crippen molar-refractivity contribution in [2.45, 2.75) is 26.9 Å². The van der Waals surface area contributed by atoms with E-state index in [9.17, 15) is 0 Å². The molecule has 2 aromatic carbocycles. The lowest BCUT2D eigenvalue weighted by atomic mass is 10.1. The zero-order valence-corrected chi connectivity index (χ0v) is 11.1. The Morgan fingerprint density at radius 3 is 1.44 bits per heavy atom. The summed E-state index contributed by atoms with van der Waals surface area (Å²) in [5.74, 6) is 0. The Balaban J connectivity index is 2.05. The quantitative estimate of drug-likeness (QED) is 0.752. The van der Waals surface area contributed by atoms with E-state index in [4.69, 9.17) is 0 Å². The summed E-state index contributed by atoms with van der Waals surface area (Å²) in [5.41, 5.74) is 2.71. The lowest BCUT2D eigenvalue weighted by Crippen LogP contribution is -2.24. The molecule has 0 aliphatic carbocycles. The molecule has 0 amide bonds. The molecule has 1 nitrogen and oxygen atoms in total. The van der Waals surface area contributed by atoms with Crippen molar-refractivity contribution in [1.29, 1.82) is 0 Å². The summed E-state index contributed by atoms with van der Waals surface area (Å²) in [7, 11) is 0. The van der Waals surface area contributed by atoms with Crippen molar-refractivity contribution in [2.24, 2.45) is 0 Å². The molecular formula is C17H20N. The van der Waals surface area contributed by atoms with Gasteiger partial charge in [-0.05, 0) is 25.0 Å². The second kappa shape index (κ2) is 6.36. The van der Waals surface area contributed by atoms with Gasteiger partial charge in [-0.25, -0.2) is 0 Å². The molecule has 0 spiro atoms. The Morgan fingerprint density at radius 1 is 0.722 bits per heavy atom. The predicted octanol–water partition coefficient (Wildman–Crippen LogP) is 4.26. The lowest BCUT2D eigenvalue weighted by Gasteiger charge is -2.26. The van der Waals surface area contributed by atoms with Gasteiger partial charge in [0.15, 0.2) is 0 Å². The second-order valence-corrected chi connectivity index (χ2v) is 4.77. The molecule has 0 heterocycles. The van der Waals surface area contributed by atoms with E-state index < -0.39 is 0 Å². The van der Waals surface area contributed by atoms with E-state index in [1.165, 1.54) is 17.2 Å². The summed E-state index contributed by atoms with van der Waals surface area (Å²) in [6.45, 7) is 6.29. The fraction of sp³-hybridized carbons (Fsp3) is 0.235. The molecule has 0 saturated carbocycles. The Morgan fingerprint density at radius 2 is 1.11 bits per heavy atom. The molecule has 0 saturated heterocycles. The lowest BCUT2D eigenvalue weighted by molar-refractivity contribution is 0.276. The molecule has 93 valence electrons. The Kier molecular flexibility index (Phi) is 4.54. The predicted molar refractivity (Wildman–Crippen MR) is 76.7 cm³/mol. The molecule has 0 bridgehead atoms. The van der Waals surface area contributed by atoms with Gasteiger partial charge in [-0.15, -0.1) is 0 Å². The van der Waals surface area contributed by atoms with Gasteiger partial charge in [0.1, 0.15) is 0 Å². The van der Waals surface area contributed by atoms with Gasteiger partial charge < -0.3 is 0 Å². The summed E-state index contributed by atoms with van der Waals surface area (Å²) >= 11 is 0. The number of benzene rings is 2. The zero-order chi connectivity index (χ0) is 12.8. The van der Waals surface area contributed by atoms with Crippen LogP contribution in [-0.2, 0) is 13.1 Å². The molecular weight excluding hydrogens is 218 g/mol. The molecule has 2 aromatic rings. The van der Waals surface area contributed by atoms with Crippen LogP contribution in [0.2, 0.25) is 0 Å². The van der Waals surface area contributed by atoms with E-state index in [2.05, 4.69) is 79.4 Å². The molecule has 0 aliphatic heterocycles. The summed E-state index contributed by atoms with van der Waals surface area (Å²) in [5, 5.41) is 0. The maximum atomic E-state index is 2.41. The van der Waals surface area contributed by atoms with Gasteiger partial charge in [0.25, 0.3) is 0 Å². The maximum Gasteiger partial charge on any atom is 0.0338 e. The van der Waals surface area contributed by atoms with Crippen LogP contribution < -0.4 is 0 Å². The van der Waals surface area contributed by atoms with Crippen LogP contribution in [0.25, 0.3) is 0 Å². The second-order valence-electron chi connectivity index (χ2n) is 4.77. The summed E-state index contributed by atoms with van der Waals surface area (Å²) in [4.78, 5) is 2.41. The monoisotopic (exact) mass is 238 g/mol. The maximum absolute atomic E-state index is 2.41. The van der Waals surface area contributed by atoms with E-state index in [0.717, 1.165) is 13.1 Å². The van der Waals surface area contributed by atoms with Crippen molar-refractivity contribution in [1.82, 2.24) is 4.90 Å². The first kappa shape index (κ1) is 12.8. The molecule has 1 heteroatoms. The smallest absolute Gasteiger partial charge is 0.0338 e. The largest absolute Gasteiger partial charge is 0.288 e. The fourth-order valence-electron chi connectivity index (χ4n) is 1.98. The Labute approximate surface area is 110 Å². The highest BCUT2D eigenvalue weighted by molar-refractivity contribution is 5.17. The van der Waals surface area contributed by atoms with Gasteiger partial charge in [0.2, 0.25) is 0 Å². The molecule has 0 fully saturated rings. The first-order chi connectivity index (χ1) is 8.75. The molecule has 0 aromatic heterocycles. The van der Waals surface area contributed by atoms with Crippen molar-refractivity contribution < 1.29 is 0 Å². The SMILES string of the molecule is C[C](C)N(Cc1ccccc1)Cc1ccccc1. The van der Waals surface area contributed by atoms with Crippen LogP contribution in [0, 0.1) is 6.04 Å². The Bertz CT molecular complexity index is 406. The molecule has 0 N–H and O–H groups in total. The number of rotatable bonds is 5. The topological polar surface area (TPSA) is 3.24 Å². The van der Waals surface area contributed by atoms with Gasteiger partial charge in [-0.2, -0.15) is 0 Å². The molecule has 0 unspecified atom stereocenters. The number of nitrogens with zero attached hydrogens (tertiary/aromatic N) is 1. The number of hydrogen-bond donors (Lipinski definition) is 0. The van der Waals surface area contributed by atoms with Gasteiger partial charge in [0.05, 0.1) is 0 Å². The van der Waals surface area contributed by atoms with E-state index >= 15 is 0 Å². The zero-order valence-electron chi connectivity index (χ0n) is 11.1. The standard InChI is InChI=1S/C17H20N/c1-15(2)18(13-16-9-5-3-6-10-16)14-17-11-7-4-8-12-17/h3-12H,13-14H2,1-2H3. The van der Waals surface area contributed by atoms with Crippen molar-refractivity contribution in [3.8, 4) is 0 Å². The Hall–Kier alpha value is -1.60. The summed E-state index contributed by atoms with van der Waals surface area (Å²) < 4.78 is 0. The molecule has 0 atom stereocenters. The van der Waals surface area contributed by atoms with Gasteiger partial charge in [0, 0.05) is 19.1 Å². The van der Waals surface area contributed by atoms with Crippen LogP contribution >= 0.6 is 0 Å². The van der Waals surface area contributed by atoms with Crippen molar-refractivity contribution in [2.75, 3.05) is 0 Å². The van der Waals surface area contributed by atoms with Crippen LogP contribution in [0.5, 0.6) is 0 Å². The third-order valence-corrected chi connectivity index (χ3v) is 3.06. The highest BCUT2D eigenvalue weighted by Crippen LogP contribution is 2.16. The minimum absolute atomic E-state index is 0.970. The van der Waals surface area contributed by atoms with E-state index in [1.807, 2.05) is 0 Å². The van der Waals surface area contributed by atoms with Gasteiger partial charge in [-0.1, -0.05) is 60.7 Å². The third-order valence-electron chi connectivity index (χ3n) is 3.06. The fourth-order valence-corrected chi connectivity index (χ4v) is 1.98. The average Bonchev–Trinajstić information content (AvgIpc) is 2.40. The third kappa shape index (κ3) is 3.71. The highest BCUT2D eigenvalue weighted by atomic mass is 15.1. The molecule has 2 rings (SSSR count).